The molecule has 4 aromatic carbocycles. The number of hydrogen-bond donors (Lipinski definition) is 2. The summed E-state index contributed by atoms with van der Waals surface area (Å²) >= 11 is 0. The van der Waals surface area contributed by atoms with Crippen molar-refractivity contribution in [2.24, 2.45) is 5.41 Å². The Morgan fingerprint density at radius 3 is 2.20 bits per heavy atom. The van der Waals surface area contributed by atoms with E-state index in [4.69, 9.17) is 9.72 Å². The highest BCUT2D eigenvalue weighted by Crippen LogP contribution is 2.49. The zero-order chi connectivity index (χ0) is 34.3. The van der Waals surface area contributed by atoms with Crippen LogP contribution in [0.2, 0.25) is 0 Å². The quantitative estimate of drug-likeness (QED) is 0.171. The third-order valence-corrected chi connectivity index (χ3v) is 9.84. The lowest BCUT2D eigenvalue weighted by Crippen LogP contribution is -2.24. The molecule has 1 heterocycles. The van der Waals surface area contributed by atoms with E-state index in [9.17, 15) is 10.1 Å². The van der Waals surface area contributed by atoms with Crippen molar-refractivity contribution in [3.8, 4) is 28.7 Å². The molecule has 0 bridgehead atoms. The number of nitrogens with zero attached hydrogens (tertiary/aromatic N) is 2. The van der Waals surface area contributed by atoms with Crippen molar-refractivity contribution in [1.82, 2.24) is 4.98 Å². The van der Waals surface area contributed by atoms with E-state index >= 15 is 0 Å². The lowest BCUT2D eigenvalue weighted by Gasteiger charge is -2.33. The zero-order valence-corrected chi connectivity index (χ0v) is 29.1. The molecule has 5 aromatic rings. The fourth-order valence-electron chi connectivity index (χ4n) is 7.99. The third-order valence-electron chi connectivity index (χ3n) is 9.84. The number of carbonyl (C=O) groups is 1. The summed E-state index contributed by atoms with van der Waals surface area (Å²) in [7, 11) is 0. The molecule has 0 amide bonds. The van der Waals surface area contributed by atoms with Gasteiger partial charge in [-0.1, -0.05) is 108 Å². The second kappa shape index (κ2) is 12.7. The van der Waals surface area contributed by atoms with Crippen molar-refractivity contribution in [3.63, 3.8) is 0 Å². The van der Waals surface area contributed by atoms with E-state index in [0.717, 1.165) is 48.9 Å². The molecular formula is C43H44N4O2. The number of benzene rings is 4. The highest BCUT2D eigenvalue weighted by atomic mass is 16.5. The number of ketones is 1. The van der Waals surface area contributed by atoms with E-state index in [0.29, 0.717) is 50.6 Å². The molecule has 1 fully saturated rings. The first-order valence-corrected chi connectivity index (χ1v) is 17.5. The second-order valence-corrected chi connectivity index (χ2v) is 15.4. The van der Waals surface area contributed by atoms with Crippen LogP contribution < -0.4 is 15.4 Å². The Hall–Kier alpha value is -5.15. The molecule has 49 heavy (non-hydrogen) atoms. The Bertz CT molecular complexity index is 2080. The van der Waals surface area contributed by atoms with Gasteiger partial charge < -0.3 is 15.4 Å². The van der Waals surface area contributed by atoms with Crippen molar-refractivity contribution in [2.75, 3.05) is 10.6 Å². The standard InChI is InChI=1S/C43H44N4O2/c1-42(2,3)26-43(4,5)27-20-22-30(23-21-27)49-35-24-34(45-28-14-8-6-9-15-28)37-38-36(31-18-12-13-19-32(31)40(37)48)33(25-44)41(47-39(35)38)46-29-16-10-7-11-17-29/h6,8-9,12-15,18-24,29,45H,7,10-11,16-17,26H2,1-5H3,(H,46,47). The van der Waals surface area contributed by atoms with E-state index in [1.807, 2.05) is 72.8 Å². The minimum Gasteiger partial charge on any atom is -0.455 e. The molecule has 0 aliphatic heterocycles. The molecule has 6 heteroatoms. The van der Waals surface area contributed by atoms with Gasteiger partial charge in [0.2, 0.25) is 0 Å². The summed E-state index contributed by atoms with van der Waals surface area (Å²) in [6.07, 6.45) is 6.61. The first-order valence-electron chi connectivity index (χ1n) is 17.5. The number of rotatable bonds is 8. The topological polar surface area (TPSA) is 87.0 Å². The average molecular weight is 649 g/mol. The van der Waals surface area contributed by atoms with Gasteiger partial charge in [0, 0.05) is 34.3 Å². The SMILES string of the molecule is CC(C)(C)CC(C)(C)c1ccc(Oc2cc(Nc3ccccc3)c3c4c(c(C#N)c(NC5CCCCC5)nc24)-c2ccccc2C3=O)cc1. The number of pyridine rings is 1. The molecule has 2 aliphatic carbocycles. The Morgan fingerprint density at radius 1 is 0.857 bits per heavy atom. The number of aromatic nitrogens is 1. The molecule has 0 atom stereocenters. The van der Waals surface area contributed by atoms with Gasteiger partial charge in [0.15, 0.2) is 11.5 Å². The van der Waals surface area contributed by atoms with E-state index in [1.54, 1.807) is 0 Å². The van der Waals surface area contributed by atoms with Crippen molar-refractivity contribution in [3.05, 3.63) is 107 Å². The summed E-state index contributed by atoms with van der Waals surface area (Å²) in [5.41, 5.74) is 6.41. The van der Waals surface area contributed by atoms with Gasteiger partial charge in [-0.05, 0) is 65.5 Å². The van der Waals surface area contributed by atoms with E-state index in [2.05, 4.69) is 63.5 Å². The maximum Gasteiger partial charge on any atom is 0.196 e. The Morgan fingerprint density at radius 2 is 1.53 bits per heavy atom. The fourth-order valence-corrected chi connectivity index (χ4v) is 7.99. The zero-order valence-electron chi connectivity index (χ0n) is 29.1. The van der Waals surface area contributed by atoms with Crippen LogP contribution in [0.3, 0.4) is 0 Å². The number of para-hydroxylation sites is 1. The predicted molar refractivity (Wildman–Crippen MR) is 199 cm³/mol. The van der Waals surface area contributed by atoms with Crippen LogP contribution in [-0.2, 0) is 5.41 Å². The Labute approximate surface area is 289 Å². The van der Waals surface area contributed by atoms with Crippen LogP contribution >= 0.6 is 0 Å². The maximum atomic E-state index is 14.4. The highest BCUT2D eigenvalue weighted by molar-refractivity contribution is 6.29. The molecule has 1 saturated carbocycles. The summed E-state index contributed by atoms with van der Waals surface area (Å²) in [4.78, 5) is 19.6. The van der Waals surface area contributed by atoms with Gasteiger partial charge in [-0.25, -0.2) is 4.98 Å². The van der Waals surface area contributed by atoms with Gasteiger partial charge in [0.1, 0.15) is 28.7 Å². The van der Waals surface area contributed by atoms with Crippen LogP contribution in [0.15, 0.2) is 84.9 Å². The maximum absolute atomic E-state index is 14.4. The number of ether oxygens (including phenoxy) is 1. The molecule has 2 N–H and O–H groups in total. The van der Waals surface area contributed by atoms with Crippen LogP contribution in [0.4, 0.5) is 17.2 Å². The number of nitrogens with one attached hydrogen (secondary N) is 2. The van der Waals surface area contributed by atoms with Gasteiger partial charge in [0.25, 0.3) is 0 Å². The number of hydrogen-bond acceptors (Lipinski definition) is 6. The normalized spacial score (nSPS) is 14.7. The minimum absolute atomic E-state index is 0.00745. The van der Waals surface area contributed by atoms with Gasteiger partial charge in [0.05, 0.1) is 11.3 Å². The molecule has 1 aromatic heterocycles. The monoisotopic (exact) mass is 648 g/mol. The molecule has 0 unspecified atom stereocenters. The summed E-state index contributed by atoms with van der Waals surface area (Å²) in [5, 5.41) is 18.5. The van der Waals surface area contributed by atoms with Gasteiger partial charge >= 0.3 is 0 Å². The number of carbonyl (C=O) groups excluding carboxylic acids is 1. The summed E-state index contributed by atoms with van der Waals surface area (Å²) in [5.74, 6) is 1.62. The summed E-state index contributed by atoms with van der Waals surface area (Å²) in [6, 6.07) is 30.3. The van der Waals surface area contributed by atoms with Crippen LogP contribution in [-0.4, -0.2) is 16.8 Å². The van der Waals surface area contributed by atoms with Gasteiger partial charge in [-0.15, -0.1) is 0 Å². The molecule has 248 valence electrons. The van der Waals surface area contributed by atoms with Gasteiger partial charge in [-0.3, -0.25) is 4.79 Å². The molecule has 0 radical (unpaired) electrons. The van der Waals surface area contributed by atoms with E-state index in [1.165, 1.54) is 12.0 Å². The molecule has 2 aliphatic rings. The first-order chi connectivity index (χ1) is 23.5. The summed E-state index contributed by atoms with van der Waals surface area (Å²) < 4.78 is 6.73. The van der Waals surface area contributed by atoms with Crippen molar-refractivity contribution in [2.45, 2.75) is 84.6 Å². The van der Waals surface area contributed by atoms with Crippen molar-refractivity contribution < 1.29 is 9.53 Å². The average Bonchev–Trinajstić information content (AvgIpc) is 3.08. The van der Waals surface area contributed by atoms with Crippen LogP contribution in [0.5, 0.6) is 11.5 Å². The second-order valence-electron chi connectivity index (χ2n) is 15.4. The van der Waals surface area contributed by atoms with E-state index in [-0.39, 0.29) is 22.7 Å². The van der Waals surface area contributed by atoms with Crippen molar-refractivity contribution in [1.29, 1.82) is 5.26 Å². The van der Waals surface area contributed by atoms with Crippen LogP contribution in [0.25, 0.3) is 22.0 Å². The van der Waals surface area contributed by atoms with Crippen LogP contribution in [0.1, 0.15) is 100 Å². The largest absolute Gasteiger partial charge is 0.455 e. The Kier molecular flexibility index (Phi) is 8.40. The Balaban J connectivity index is 1.44. The fraction of sp³-hybridized carbons (Fsp3) is 0.326. The number of anilines is 3. The number of fused-ring (bicyclic) bond motifs is 2. The first kappa shape index (κ1) is 32.4. The lowest BCUT2D eigenvalue weighted by atomic mass is 9.72. The molecule has 0 saturated heterocycles. The number of nitriles is 1. The third kappa shape index (κ3) is 6.38. The van der Waals surface area contributed by atoms with Crippen molar-refractivity contribution >= 4 is 33.9 Å². The highest BCUT2D eigenvalue weighted by Gasteiger charge is 2.34. The predicted octanol–water partition coefficient (Wildman–Crippen LogP) is 11.3. The lowest BCUT2D eigenvalue weighted by molar-refractivity contribution is 0.104. The summed E-state index contributed by atoms with van der Waals surface area (Å²) in [6.45, 7) is 11.4. The molecule has 7 rings (SSSR count). The van der Waals surface area contributed by atoms with E-state index < -0.39 is 0 Å². The smallest absolute Gasteiger partial charge is 0.196 e. The molecule has 0 spiro atoms. The van der Waals surface area contributed by atoms with Gasteiger partial charge in [-0.2, -0.15) is 5.26 Å². The molecule has 6 nitrogen and oxygen atoms in total. The minimum atomic E-state index is -0.109. The van der Waals surface area contributed by atoms with Crippen LogP contribution in [0, 0.1) is 16.7 Å². The molecular weight excluding hydrogens is 604 g/mol.